The third-order valence-electron chi connectivity index (χ3n) is 2.67. The van der Waals surface area contributed by atoms with E-state index in [0.29, 0.717) is 5.69 Å². The molecule has 1 amide bonds. The molecule has 6 heteroatoms. The second kappa shape index (κ2) is 6.12. The molecule has 0 unspecified atom stereocenters. The van der Waals surface area contributed by atoms with Crippen LogP contribution in [0.1, 0.15) is 10.5 Å². The first-order valence-corrected chi connectivity index (χ1v) is 5.88. The van der Waals surface area contributed by atoms with Crippen LogP contribution in [-0.4, -0.2) is 45.6 Å². The fourth-order valence-corrected chi connectivity index (χ4v) is 1.61. The predicted molar refractivity (Wildman–Crippen MR) is 69.4 cm³/mol. The van der Waals surface area contributed by atoms with Crippen molar-refractivity contribution in [1.29, 1.82) is 0 Å². The summed E-state index contributed by atoms with van der Waals surface area (Å²) in [5.74, 6) is -0.414. The second-order valence-electron chi connectivity index (χ2n) is 4.07. The number of hydrogen-bond acceptors (Lipinski definition) is 4. The third kappa shape index (κ3) is 3.18. The number of aliphatic hydroxyl groups is 2. The summed E-state index contributed by atoms with van der Waals surface area (Å²) in [6, 6.07) is 10.4. The molecule has 1 aromatic heterocycles. The van der Waals surface area contributed by atoms with Gasteiger partial charge in [0.15, 0.2) is 0 Å². The van der Waals surface area contributed by atoms with Gasteiger partial charge in [-0.15, -0.1) is 0 Å². The number of nitrogens with one attached hydrogen (secondary N) is 2. The number of aliphatic hydroxyl groups excluding tert-OH is 2. The molecule has 0 aliphatic rings. The van der Waals surface area contributed by atoms with Crippen molar-refractivity contribution >= 4 is 5.91 Å². The lowest BCUT2D eigenvalue weighted by Crippen LogP contribution is -2.40. The van der Waals surface area contributed by atoms with Crippen molar-refractivity contribution in [2.45, 2.75) is 6.04 Å². The zero-order chi connectivity index (χ0) is 13.7. The van der Waals surface area contributed by atoms with Gasteiger partial charge in [-0.05, 0) is 6.07 Å². The van der Waals surface area contributed by atoms with Crippen molar-refractivity contribution < 1.29 is 15.0 Å². The van der Waals surface area contributed by atoms with E-state index < -0.39 is 11.9 Å². The Bertz CT molecular complexity index is 535. The van der Waals surface area contributed by atoms with Gasteiger partial charge in [0.1, 0.15) is 5.69 Å². The SMILES string of the molecule is O=C(NC(CO)CO)c1cc(-c2ccccc2)n[nH]1. The van der Waals surface area contributed by atoms with Crippen LogP contribution in [0.4, 0.5) is 0 Å². The highest BCUT2D eigenvalue weighted by atomic mass is 16.3. The van der Waals surface area contributed by atoms with Gasteiger partial charge < -0.3 is 15.5 Å². The Hall–Kier alpha value is -2.18. The molecule has 2 aromatic rings. The number of benzene rings is 1. The molecule has 2 rings (SSSR count). The number of nitrogens with zero attached hydrogens (tertiary/aromatic N) is 1. The van der Waals surface area contributed by atoms with Crippen molar-refractivity contribution in [3.8, 4) is 11.3 Å². The largest absolute Gasteiger partial charge is 0.394 e. The molecule has 0 aliphatic carbocycles. The van der Waals surface area contributed by atoms with Crippen molar-refractivity contribution in [2.24, 2.45) is 0 Å². The molecular weight excluding hydrogens is 246 g/mol. The fraction of sp³-hybridized carbons (Fsp3) is 0.231. The van der Waals surface area contributed by atoms with E-state index >= 15 is 0 Å². The molecule has 0 saturated carbocycles. The van der Waals surface area contributed by atoms with Crippen LogP contribution in [0.2, 0.25) is 0 Å². The zero-order valence-electron chi connectivity index (χ0n) is 10.2. The quantitative estimate of drug-likeness (QED) is 0.616. The van der Waals surface area contributed by atoms with E-state index in [9.17, 15) is 4.79 Å². The highest BCUT2D eigenvalue weighted by Crippen LogP contribution is 2.16. The van der Waals surface area contributed by atoms with Crippen molar-refractivity contribution in [2.75, 3.05) is 13.2 Å². The molecule has 0 saturated heterocycles. The molecular formula is C13H15N3O3. The molecule has 0 fully saturated rings. The monoisotopic (exact) mass is 261 g/mol. The number of aromatic amines is 1. The van der Waals surface area contributed by atoms with E-state index in [1.807, 2.05) is 30.3 Å². The summed E-state index contributed by atoms with van der Waals surface area (Å²) in [5.41, 5.74) is 1.85. The van der Waals surface area contributed by atoms with Crippen molar-refractivity contribution in [1.82, 2.24) is 15.5 Å². The molecule has 6 nitrogen and oxygen atoms in total. The summed E-state index contributed by atoms with van der Waals surface area (Å²) < 4.78 is 0. The zero-order valence-corrected chi connectivity index (χ0v) is 10.2. The Morgan fingerprint density at radius 3 is 2.58 bits per heavy atom. The summed E-state index contributed by atoms with van der Waals surface area (Å²) in [7, 11) is 0. The van der Waals surface area contributed by atoms with Crippen LogP contribution in [0.25, 0.3) is 11.3 Å². The third-order valence-corrected chi connectivity index (χ3v) is 2.67. The lowest BCUT2D eigenvalue weighted by atomic mass is 10.1. The maximum atomic E-state index is 11.8. The molecule has 0 bridgehead atoms. The highest BCUT2D eigenvalue weighted by molar-refractivity contribution is 5.93. The molecule has 1 aromatic carbocycles. The molecule has 1 heterocycles. The summed E-state index contributed by atoms with van der Waals surface area (Å²) in [4.78, 5) is 11.8. The molecule has 4 N–H and O–H groups in total. The lowest BCUT2D eigenvalue weighted by Gasteiger charge is -2.11. The standard InChI is InChI=1S/C13H15N3O3/c17-7-10(8-18)14-13(19)12-6-11(15-16-12)9-4-2-1-3-5-9/h1-6,10,17-18H,7-8H2,(H,14,19)(H,15,16). The van der Waals surface area contributed by atoms with E-state index in [0.717, 1.165) is 5.56 Å². The normalized spacial score (nSPS) is 10.7. The number of rotatable bonds is 5. The second-order valence-corrected chi connectivity index (χ2v) is 4.07. The number of carbonyl (C=O) groups is 1. The molecule has 0 radical (unpaired) electrons. The maximum absolute atomic E-state index is 11.8. The number of aromatic nitrogens is 2. The van der Waals surface area contributed by atoms with Gasteiger partial charge in [-0.25, -0.2) is 0 Å². The van der Waals surface area contributed by atoms with Crippen molar-refractivity contribution in [3.63, 3.8) is 0 Å². The summed E-state index contributed by atoms with van der Waals surface area (Å²) in [6.45, 7) is -0.635. The average molecular weight is 261 g/mol. The van der Waals surface area contributed by atoms with Gasteiger partial charge in [0.2, 0.25) is 0 Å². The Morgan fingerprint density at radius 1 is 1.26 bits per heavy atom. The van der Waals surface area contributed by atoms with Gasteiger partial charge in [0.05, 0.1) is 24.9 Å². The lowest BCUT2D eigenvalue weighted by molar-refractivity contribution is 0.0874. The summed E-state index contributed by atoms with van der Waals surface area (Å²) in [5, 5.41) is 27.0. The average Bonchev–Trinajstić information content (AvgIpc) is 2.95. The fourth-order valence-electron chi connectivity index (χ4n) is 1.61. The van der Waals surface area contributed by atoms with Crippen LogP contribution in [0.3, 0.4) is 0 Å². The first-order chi connectivity index (χ1) is 9.24. The number of amides is 1. The van der Waals surface area contributed by atoms with Crippen LogP contribution in [0, 0.1) is 0 Å². The smallest absolute Gasteiger partial charge is 0.269 e. The number of hydrogen-bond donors (Lipinski definition) is 4. The molecule has 0 aliphatic heterocycles. The number of H-pyrrole nitrogens is 1. The Kier molecular flexibility index (Phi) is 4.27. The van der Waals surface area contributed by atoms with Gasteiger partial charge in [0.25, 0.3) is 5.91 Å². The first kappa shape index (κ1) is 13.3. The van der Waals surface area contributed by atoms with Crippen LogP contribution in [0.15, 0.2) is 36.4 Å². The van der Waals surface area contributed by atoms with Crippen LogP contribution in [0.5, 0.6) is 0 Å². The molecule has 19 heavy (non-hydrogen) atoms. The number of carbonyl (C=O) groups excluding carboxylic acids is 1. The Labute approximate surface area is 110 Å². The van der Waals surface area contributed by atoms with E-state index in [2.05, 4.69) is 15.5 Å². The Balaban J connectivity index is 2.11. The minimum Gasteiger partial charge on any atom is -0.394 e. The van der Waals surface area contributed by atoms with Crippen LogP contribution >= 0.6 is 0 Å². The summed E-state index contributed by atoms with van der Waals surface area (Å²) in [6.07, 6.45) is 0. The maximum Gasteiger partial charge on any atom is 0.269 e. The highest BCUT2D eigenvalue weighted by Gasteiger charge is 2.14. The van der Waals surface area contributed by atoms with Gasteiger partial charge in [-0.1, -0.05) is 30.3 Å². The van der Waals surface area contributed by atoms with Crippen LogP contribution in [-0.2, 0) is 0 Å². The first-order valence-electron chi connectivity index (χ1n) is 5.88. The topological polar surface area (TPSA) is 98.2 Å². The van der Waals surface area contributed by atoms with Gasteiger partial charge in [-0.3, -0.25) is 9.89 Å². The minimum absolute atomic E-state index is 0.283. The minimum atomic E-state index is -0.670. The van der Waals surface area contributed by atoms with Crippen molar-refractivity contribution in [3.05, 3.63) is 42.1 Å². The van der Waals surface area contributed by atoms with E-state index in [1.165, 1.54) is 0 Å². The van der Waals surface area contributed by atoms with Gasteiger partial charge >= 0.3 is 0 Å². The van der Waals surface area contributed by atoms with E-state index in [4.69, 9.17) is 10.2 Å². The Morgan fingerprint density at radius 2 is 1.95 bits per heavy atom. The van der Waals surface area contributed by atoms with Crippen LogP contribution < -0.4 is 5.32 Å². The summed E-state index contributed by atoms with van der Waals surface area (Å²) >= 11 is 0. The molecule has 0 atom stereocenters. The molecule has 0 spiro atoms. The van der Waals surface area contributed by atoms with Gasteiger partial charge in [-0.2, -0.15) is 5.10 Å². The predicted octanol–water partition coefficient (Wildman–Crippen LogP) is 0.160. The van der Waals surface area contributed by atoms with E-state index in [1.54, 1.807) is 6.07 Å². The van der Waals surface area contributed by atoms with Gasteiger partial charge in [0, 0.05) is 5.56 Å². The molecule has 100 valence electrons. The van der Waals surface area contributed by atoms with E-state index in [-0.39, 0.29) is 18.9 Å².